The smallest absolute Gasteiger partial charge is 0.312 e. The van der Waals surface area contributed by atoms with E-state index in [0.717, 1.165) is 17.7 Å². The summed E-state index contributed by atoms with van der Waals surface area (Å²) in [5.41, 5.74) is 1.84. The fourth-order valence-corrected chi connectivity index (χ4v) is 1.72. The maximum atomic E-state index is 10.7. The van der Waals surface area contributed by atoms with E-state index in [0.29, 0.717) is 6.42 Å². The second-order valence-corrected chi connectivity index (χ2v) is 3.14. The largest absolute Gasteiger partial charge is 0.481 e. The third-order valence-electron chi connectivity index (χ3n) is 2.27. The molecule has 0 saturated heterocycles. The summed E-state index contributed by atoms with van der Waals surface area (Å²) in [5, 5.41) is 12.9. The zero-order valence-electron chi connectivity index (χ0n) is 6.82. The van der Waals surface area contributed by atoms with Gasteiger partial charge >= 0.3 is 5.97 Å². The molecule has 1 unspecified atom stereocenters. The Bertz CT molecular complexity index is 330. The molecule has 1 atom stereocenters. The van der Waals surface area contributed by atoms with Crippen LogP contribution in [0.25, 0.3) is 0 Å². The summed E-state index contributed by atoms with van der Waals surface area (Å²) < 4.78 is 1.68. The summed E-state index contributed by atoms with van der Waals surface area (Å²) in [6, 6.07) is 0. The number of rotatable bonds is 1. The SMILES string of the molecule is Cn1cc2c(n1)C(C(=O)O)CC2. The maximum Gasteiger partial charge on any atom is 0.312 e. The monoisotopic (exact) mass is 166 g/mol. The molecule has 0 amide bonds. The third-order valence-corrected chi connectivity index (χ3v) is 2.27. The standard InChI is InChI=1S/C8H10N2O2/c1-10-4-5-2-3-6(8(11)12)7(5)9-10/h4,6H,2-3H2,1H3,(H,11,12). The molecule has 1 heterocycles. The first-order valence-electron chi connectivity index (χ1n) is 3.93. The molecule has 0 spiro atoms. The Balaban J connectivity index is 2.41. The average Bonchev–Trinajstić information content (AvgIpc) is 2.43. The Morgan fingerprint density at radius 2 is 2.58 bits per heavy atom. The zero-order chi connectivity index (χ0) is 8.72. The minimum absolute atomic E-state index is 0.374. The van der Waals surface area contributed by atoms with Crippen molar-refractivity contribution in [1.29, 1.82) is 0 Å². The van der Waals surface area contributed by atoms with E-state index < -0.39 is 5.97 Å². The second-order valence-electron chi connectivity index (χ2n) is 3.14. The lowest BCUT2D eigenvalue weighted by Gasteiger charge is -2.00. The summed E-state index contributed by atoms with van der Waals surface area (Å²) >= 11 is 0. The summed E-state index contributed by atoms with van der Waals surface area (Å²) in [6.45, 7) is 0. The molecule has 4 heteroatoms. The molecule has 0 fully saturated rings. The number of hydrogen-bond acceptors (Lipinski definition) is 2. The minimum atomic E-state index is -0.757. The molecule has 2 rings (SSSR count). The topological polar surface area (TPSA) is 55.1 Å². The molecule has 1 N–H and O–H groups in total. The second kappa shape index (κ2) is 2.33. The van der Waals surface area contributed by atoms with Crippen LogP contribution in [0.15, 0.2) is 6.20 Å². The van der Waals surface area contributed by atoms with Crippen LogP contribution < -0.4 is 0 Å². The van der Waals surface area contributed by atoms with Crippen molar-refractivity contribution in [1.82, 2.24) is 9.78 Å². The number of hydrogen-bond donors (Lipinski definition) is 1. The molecule has 0 aliphatic heterocycles. The van der Waals surface area contributed by atoms with Crippen molar-refractivity contribution in [3.8, 4) is 0 Å². The van der Waals surface area contributed by atoms with Gasteiger partial charge in [-0.25, -0.2) is 0 Å². The number of fused-ring (bicyclic) bond motifs is 1. The van der Waals surface area contributed by atoms with Crippen LogP contribution in [0.3, 0.4) is 0 Å². The molecule has 0 aromatic carbocycles. The van der Waals surface area contributed by atoms with E-state index in [-0.39, 0.29) is 5.92 Å². The van der Waals surface area contributed by atoms with E-state index >= 15 is 0 Å². The number of aromatic nitrogens is 2. The normalized spacial score (nSPS) is 20.9. The summed E-state index contributed by atoms with van der Waals surface area (Å²) in [7, 11) is 1.82. The first-order valence-corrected chi connectivity index (χ1v) is 3.93. The van der Waals surface area contributed by atoms with E-state index in [1.54, 1.807) is 4.68 Å². The van der Waals surface area contributed by atoms with E-state index in [1.807, 2.05) is 13.2 Å². The van der Waals surface area contributed by atoms with Gasteiger partial charge in [-0.05, 0) is 18.4 Å². The predicted octanol–water partition coefficient (Wildman–Crippen LogP) is 0.534. The summed E-state index contributed by atoms with van der Waals surface area (Å²) in [4.78, 5) is 10.7. The number of carboxylic acids is 1. The van der Waals surface area contributed by atoms with Gasteiger partial charge in [-0.1, -0.05) is 0 Å². The quantitative estimate of drug-likeness (QED) is 0.662. The fourth-order valence-electron chi connectivity index (χ4n) is 1.72. The van der Waals surface area contributed by atoms with Crippen molar-refractivity contribution in [2.24, 2.45) is 7.05 Å². The first kappa shape index (κ1) is 7.34. The van der Waals surface area contributed by atoms with Crippen LogP contribution in [0.1, 0.15) is 23.6 Å². The van der Waals surface area contributed by atoms with Crippen LogP contribution in [-0.2, 0) is 18.3 Å². The van der Waals surface area contributed by atoms with Crippen molar-refractivity contribution in [2.75, 3.05) is 0 Å². The van der Waals surface area contributed by atoms with Gasteiger partial charge in [0.15, 0.2) is 0 Å². The highest BCUT2D eigenvalue weighted by molar-refractivity contribution is 5.76. The maximum absolute atomic E-state index is 10.7. The Labute approximate surface area is 69.8 Å². The van der Waals surface area contributed by atoms with Crippen LogP contribution in [0, 0.1) is 0 Å². The number of carboxylic acid groups (broad SMARTS) is 1. The predicted molar refractivity (Wildman–Crippen MR) is 41.9 cm³/mol. The van der Waals surface area contributed by atoms with Crippen LogP contribution in [0.4, 0.5) is 0 Å². The van der Waals surface area contributed by atoms with Crippen LogP contribution in [0.2, 0.25) is 0 Å². The molecule has 1 aliphatic carbocycles. The van der Waals surface area contributed by atoms with Gasteiger partial charge in [0.05, 0.1) is 5.69 Å². The van der Waals surface area contributed by atoms with Crippen LogP contribution in [-0.4, -0.2) is 20.9 Å². The number of aliphatic carboxylic acids is 1. The van der Waals surface area contributed by atoms with Crippen molar-refractivity contribution >= 4 is 5.97 Å². The van der Waals surface area contributed by atoms with Gasteiger partial charge in [0.1, 0.15) is 5.92 Å². The van der Waals surface area contributed by atoms with Crippen LogP contribution in [0.5, 0.6) is 0 Å². The van der Waals surface area contributed by atoms with Crippen molar-refractivity contribution in [3.63, 3.8) is 0 Å². The Morgan fingerprint density at radius 1 is 1.83 bits per heavy atom. The van der Waals surface area contributed by atoms with Gasteiger partial charge < -0.3 is 5.11 Å². The zero-order valence-corrected chi connectivity index (χ0v) is 6.82. The summed E-state index contributed by atoms with van der Waals surface area (Å²) in [5.74, 6) is -1.13. The average molecular weight is 166 g/mol. The molecular weight excluding hydrogens is 156 g/mol. The third kappa shape index (κ3) is 0.913. The molecule has 1 aromatic heterocycles. The Kier molecular flexibility index (Phi) is 1.43. The van der Waals surface area contributed by atoms with E-state index in [1.165, 1.54) is 0 Å². The van der Waals surface area contributed by atoms with E-state index in [2.05, 4.69) is 5.10 Å². The van der Waals surface area contributed by atoms with Gasteiger partial charge in [-0.2, -0.15) is 5.10 Å². The van der Waals surface area contributed by atoms with E-state index in [9.17, 15) is 4.79 Å². The lowest BCUT2D eigenvalue weighted by Crippen LogP contribution is -2.09. The van der Waals surface area contributed by atoms with Crippen molar-refractivity contribution < 1.29 is 9.90 Å². The molecule has 0 radical (unpaired) electrons. The molecule has 4 nitrogen and oxygen atoms in total. The molecular formula is C8H10N2O2. The fraction of sp³-hybridized carbons (Fsp3) is 0.500. The minimum Gasteiger partial charge on any atom is -0.481 e. The van der Waals surface area contributed by atoms with Gasteiger partial charge in [0.2, 0.25) is 0 Å². The highest BCUT2D eigenvalue weighted by Gasteiger charge is 2.31. The van der Waals surface area contributed by atoms with Crippen LogP contribution >= 0.6 is 0 Å². The first-order chi connectivity index (χ1) is 5.68. The summed E-state index contributed by atoms with van der Waals surface area (Å²) in [6.07, 6.45) is 3.45. The molecule has 64 valence electrons. The van der Waals surface area contributed by atoms with Gasteiger partial charge in [-0.15, -0.1) is 0 Å². The van der Waals surface area contributed by atoms with Crippen molar-refractivity contribution in [3.05, 3.63) is 17.5 Å². The van der Waals surface area contributed by atoms with Gasteiger partial charge in [0, 0.05) is 13.2 Å². The lowest BCUT2D eigenvalue weighted by molar-refractivity contribution is -0.138. The number of nitrogens with zero attached hydrogens (tertiary/aromatic N) is 2. The van der Waals surface area contributed by atoms with Gasteiger partial charge in [-0.3, -0.25) is 9.48 Å². The Hall–Kier alpha value is -1.32. The molecule has 12 heavy (non-hydrogen) atoms. The Morgan fingerprint density at radius 3 is 3.25 bits per heavy atom. The number of carbonyl (C=O) groups is 1. The van der Waals surface area contributed by atoms with Gasteiger partial charge in [0.25, 0.3) is 0 Å². The molecule has 1 aliphatic rings. The number of aryl methyl sites for hydroxylation is 2. The molecule has 0 saturated carbocycles. The highest BCUT2D eigenvalue weighted by Crippen LogP contribution is 2.31. The molecule has 0 bridgehead atoms. The highest BCUT2D eigenvalue weighted by atomic mass is 16.4. The lowest BCUT2D eigenvalue weighted by atomic mass is 10.1. The van der Waals surface area contributed by atoms with E-state index in [4.69, 9.17) is 5.11 Å². The molecule has 1 aromatic rings. The van der Waals surface area contributed by atoms with Crippen molar-refractivity contribution in [2.45, 2.75) is 18.8 Å².